The van der Waals surface area contributed by atoms with E-state index in [9.17, 15) is 4.79 Å². The minimum Gasteiger partial charge on any atom is -0.462 e. The first-order valence-corrected chi connectivity index (χ1v) is 6.31. The SMILES string of the molecule is CCOC(=O)c1cc2c(s1)CC[C@@H](C)C2. The van der Waals surface area contributed by atoms with Crippen molar-refractivity contribution in [2.75, 3.05) is 6.61 Å². The van der Waals surface area contributed by atoms with E-state index in [0.29, 0.717) is 6.61 Å². The van der Waals surface area contributed by atoms with Gasteiger partial charge >= 0.3 is 5.97 Å². The first-order valence-electron chi connectivity index (χ1n) is 5.49. The van der Waals surface area contributed by atoms with Crippen LogP contribution in [0.1, 0.15) is 40.4 Å². The van der Waals surface area contributed by atoms with Gasteiger partial charge in [-0.1, -0.05) is 6.92 Å². The molecular formula is C12H16O2S. The molecular weight excluding hydrogens is 208 g/mol. The van der Waals surface area contributed by atoms with Crippen molar-refractivity contribution in [3.63, 3.8) is 0 Å². The highest BCUT2D eigenvalue weighted by molar-refractivity contribution is 7.14. The third kappa shape index (κ3) is 2.23. The molecule has 1 aromatic heterocycles. The smallest absolute Gasteiger partial charge is 0.348 e. The van der Waals surface area contributed by atoms with Gasteiger partial charge in [-0.25, -0.2) is 4.79 Å². The molecule has 0 spiro atoms. The summed E-state index contributed by atoms with van der Waals surface area (Å²) in [4.78, 5) is 13.7. The number of rotatable bonds is 2. The molecule has 3 heteroatoms. The lowest BCUT2D eigenvalue weighted by molar-refractivity contribution is 0.0532. The maximum atomic E-state index is 11.5. The number of carbonyl (C=O) groups is 1. The van der Waals surface area contributed by atoms with Gasteiger partial charge in [-0.3, -0.25) is 0 Å². The zero-order valence-corrected chi connectivity index (χ0v) is 10.0. The van der Waals surface area contributed by atoms with E-state index < -0.39 is 0 Å². The number of aryl methyl sites for hydroxylation is 1. The van der Waals surface area contributed by atoms with Crippen molar-refractivity contribution >= 4 is 17.3 Å². The van der Waals surface area contributed by atoms with Gasteiger partial charge in [0, 0.05) is 4.88 Å². The molecule has 0 fully saturated rings. The molecule has 2 rings (SSSR count). The summed E-state index contributed by atoms with van der Waals surface area (Å²) in [5.41, 5.74) is 1.36. The normalized spacial score (nSPS) is 19.7. The highest BCUT2D eigenvalue weighted by Crippen LogP contribution is 2.32. The number of hydrogen-bond donors (Lipinski definition) is 0. The Bertz CT molecular complexity index is 368. The van der Waals surface area contributed by atoms with Crippen molar-refractivity contribution in [1.29, 1.82) is 0 Å². The lowest BCUT2D eigenvalue weighted by atomic mass is 9.90. The summed E-state index contributed by atoms with van der Waals surface area (Å²) >= 11 is 1.61. The number of carbonyl (C=O) groups excluding carboxylic acids is 1. The topological polar surface area (TPSA) is 26.3 Å². The number of thiophene rings is 1. The van der Waals surface area contributed by atoms with E-state index in [1.807, 2.05) is 13.0 Å². The van der Waals surface area contributed by atoms with Gasteiger partial charge in [0.05, 0.1) is 6.61 Å². The Labute approximate surface area is 94.3 Å². The molecule has 1 heterocycles. The fourth-order valence-electron chi connectivity index (χ4n) is 2.01. The van der Waals surface area contributed by atoms with Gasteiger partial charge in [0.15, 0.2) is 0 Å². The van der Waals surface area contributed by atoms with Gasteiger partial charge in [0.2, 0.25) is 0 Å². The molecule has 82 valence electrons. The second-order valence-electron chi connectivity index (χ2n) is 4.13. The minimum absolute atomic E-state index is 0.162. The number of fused-ring (bicyclic) bond motifs is 1. The van der Waals surface area contributed by atoms with Crippen LogP contribution in [0, 0.1) is 5.92 Å². The van der Waals surface area contributed by atoms with Crippen LogP contribution in [0.15, 0.2) is 6.07 Å². The number of hydrogen-bond acceptors (Lipinski definition) is 3. The molecule has 0 saturated carbocycles. The molecule has 0 bridgehead atoms. The maximum absolute atomic E-state index is 11.5. The average molecular weight is 224 g/mol. The third-order valence-corrected chi connectivity index (χ3v) is 4.02. The third-order valence-electron chi connectivity index (χ3n) is 2.81. The Morgan fingerprint density at radius 1 is 1.67 bits per heavy atom. The molecule has 0 saturated heterocycles. The van der Waals surface area contributed by atoms with Crippen molar-refractivity contribution in [2.45, 2.75) is 33.1 Å². The van der Waals surface area contributed by atoms with Crippen molar-refractivity contribution in [3.8, 4) is 0 Å². The zero-order chi connectivity index (χ0) is 10.8. The second-order valence-corrected chi connectivity index (χ2v) is 5.26. The summed E-state index contributed by atoms with van der Waals surface area (Å²) < 4.78 is 5.00. The van der Waals surface area contributed by atoms with Crippen LogP contribution in [-0.4, -0.2) is 12.6 Å². The van der Waals surface area contributed by atoms with E-state index >= 15 is 0 Å². The Morgan fingerprint density at radius 2 is 2.47 bits per heavy atom. The van der Waals surface area contributed by atoms with Crippen LogP contribution in [0.4, 0.5) is 0 Å². The lowest BCUT2D eigenvalue weighted by Gasteiger charge is -2.16. The van der Waals surface area contributed by atoms with E-state index in [0.717, 1.165) is 23.6 Å². The van der Waals surface area contributed by atoms with Crippen molar-refractivity contribution in [3.05, 3.63) is 21.4 Å². The number of ether oxygens (including phenoxy) is 1. The number of esters is 1. The molecule has 1 aliphatic rings. The summed E-state index contributed by atoms with van der Waals surface area (Å²) in [5, 5.41) is 0. The lowest BCUT2D eigenvalue weighted by Crippen LogP contribution is -2.08. The van der Waals surface area contributed by atoms with E-state index in [4.69, 9.17) is 4.74 Å². The minimum atomic E-state index is -0.162. The fourth-order valence-corrected chi connectivity index (χ4v) is 3.11. The quantitative estimate of drug-likeness (QED) is 0.722. The van der Waals surface area contributed by atoms with Gasteiger partial charge in [0.1, 0.15) is 4.88 Å². The van der Waals surface area contributed by atoms with Crippen LogP contribution in [0.5, 0.6) is 0 Å². The highest BCUT2D eigenvalue weighted by atomic mass is 32.1. The van der Waals surface area contributed by atoms with Gasteiger partial charge in [-0.05, 0) is 43.7 Å². The summed E-state index contributed by atoms with van der Waals surface area (Å²) in [7, 11) is 0. The first-order chi connectivity index (χ1) is 7.20. The standard InChI is InChI=1S/C12H16O2S/c1-3-14-12(13)11-7-9-6-8(2)4-5-10(9)15-11/h7-8H,3-6H2,1-2H3/t8-/m1/s1. The Kier molecular flexibility index (Phi) is 3.10. The molecule has 0 aromatic carbocycles. The van der Waals surface area contributed by atoms with Gasteiger partial charge in [-0.2, -0.15) is 0 Å². The molecule has 0 unspecified atom stereocenters. The van der Waals surface area contributed by atoms with E-state index in [1.54, 1.807) is 11.3 Å². The van der Waals surface area contributed by atoms with Crippen LogP contribution >= 0.6 is 11.3 Å². The van der Waals surface area contributed by atoms with Crippen LogP contribution in [0.25, 0.3) is 0 Å². The van der Waals surface area contributed by atoms with E-state index in [1.165, 1.54) is 16.9 Å². The molecule has 15 heavy (non-hydrogen) atoms. The van der Waals surface area contributed by atoms with Crippen LogP contribution in [0.2, 0.25) is 0 Å². The van der Waals surface area contributed by atoms with E-state index in [2.05, 4.69) is 6.92 Å². The molecule has 1 aromatic rings. The van der Waals surface area contributed by atoms with Crippen molar-refractivity contribution < 1.29 is 9.53 Å². The Hall–Kier alpha value is -0.830. The average Bonchev–Trinajstić information content (AvgIpc) is 2.60. The van der Waals surface area contributed by atoms with Crippen LogP contribution in [-0.2, 0) is 17.6 Å². The fraction of sp³-hybridized carbons (Fsp3) is 0.583. The molecule has 0 aliphatic heterocycles. The molecule has 1 atom stereocenters. The van der Waals surface area contributed by atoms with E-state index in [-0.39, 0.29) is 5.97 Å². The molecule has 0 amide bonds. The predicted molar refractivity (Wildman–Crippen MR) is 61.5 cm³/mol. The Morgan fingerprint density at radius 3 is 3.20 bits per heavy atom. The Balaban J connectivity index is 2.19. The van der Waals surface area contributed by atoms with Crippen LogP contribution < -0.4 is 0 Å². The van der Waals surface area contributed by atoms with Gasteiger partial charge in [0.25, 0.3) is 0 Å². The molecule has 0 radical (unpaired) electrons. The maximum Gasteiger partial charge on any atom is 0.348 e. The van der Waals surface area contributed by atoms with Crippen LogP contribution in [0.3, 0.4) is 0 Å². The summed E-state index contributed by atoms with van der Waals surface area (Å²) in [6, 6.07) is 2.02. The highest BCUT2D eigenvalue weighted by Gasteiger charge is 2.20. The molecule has 1 aliphatic carbocycles. The summed E-state index contributed by atoms with van der Waals surface area (Å²) in [6.07, 6.45) is 3.49. The molecule has 0 N–H and O–H groups in total. The van der Waals surface area contributed by atoms with Gasteiger partial charge < -0.3 is 4.74 Å². The summed E-state index contributed by atoms with van der Waals surface area (Å²) in [5.74, 6) is 0.590. The second kappa shape index (κ2) is 4.35. The predicted octanol–water partition coefficient (Wildman–Crippen LogP) is 3.05. The summed E-state index contributed by atoms with van der Waals surface area (Å²) in [6.45, 7) is 4.57. The molecule has 2 nitrogen and oxygen atoms in total. The van der Waals surface area contributed by atoms with Gasteiger partial charge in [-0.15, -0.1) is 11.3 Å². The van der Waals surface area contributed by atoms with Crippen molar-refractivity contribution in [2.24, 2.45) is 5.92 Å². The monoisotopic (exact) mass is 224 g/mol. The first kappa shape index (κ1) is 10.7. The van der Waals surface area contributed by atoms with Crippen molar-refractivity contribution in [1.82, 2.24) is 0 Å². The zero-order valence-electron chi connectivity index (χ0n) is 9.21. The largest absolute Gasteiger partial charge is 0.462 e.